The van der Waals surface area contributed by atoms with Gasteiger partial charge in [0.25, 0.3) is 11.8 Å². The fourth-order valence-corrected chi connectivity index (χ4v) is 3.48. The molecule has 1 aliphatic carbocycles. The van der Waals surface area contributed by atoms with Gasteiger partial charge < -0.3 is 15.8 Å². The third kappa shape index (κ3) is 5.60. The van der Waals surface area contributed by atoms with E-state index in [1.54, 1.807) is 18.2 Å². The average molecular weight is 420 g/mol. The topological polar surface area (TPSA) is 105 Å². The molecule has 2 amide bonds. The van der Waals surface area contributed by atoms with Crippen molar-refractivity contribution in [3.63, 3.8) is 0 Å². The summed E-state index contributed by atoms with van der Waals surface area (Å²) in [6, 6.07) is 7.15. The number of carbonyl (C=O) groups is 2. The lowest BCUT2D eigenvalue weighted by Crippen LogP contribution is -2.41. The number of benzene rings is 1. The third-order valence-electron chi connectivity index (χ3n) is 4.43. The lowest BCUT2D eigenvalue weighted by atomic mass is 9.86. The molecule has 26 heavy (non-hydrogen) atoms. The lowest BCUT2D eigenvalue weighted by molar-refractivity contribution is -0.120. The number of amides is 2. The van der Waals surface area contributed by atoms with Crippen LogP contribution in [0.4, 0.5) is 0 Å². The van der Waals surface area contributed by atoms with Crippen LogP contribution in [-0.4, -0.2) is 24.5 Å². The minimum atomic E-state index is -0.568. The van der Waals surface area contributed by atoms with Crippen molar-refractivity contribution in [1.29, 1.82) is 5.26 Å². The van der Waals surface area contributed by atoms with Gasteiger partial charge in [-0.1, -0.05) is 25.8 Å². The van der Waals surface area contributed by atoms with Crippen molar-refractivity contribution in [1.82, 2.24) is 5.32 Å². The van der Waals surface area contributed by atoms with Gasteiger partial charge in [0, 0.05) is 6.04 Å². The van der Waals surface area contributed by atoms with Crippen LogP contribution < -0.4 is 15.8 Å². The summed E-state index contributed by atoms with van der Waals surface area (Å²) in [5, 5.41) is 12.3. The third-order valence-corrected chi connectivity index (χ3v) is 5.05. The van der Waals surface area contributed by atoms with E-state index in [1.165, 1.54) is 12.5 Å². The van der Waals surface area contributed by atoms with Crippen molar-refractivity contribution in [2.75, 3.05) is 6.61 Å². The maximum atomic E-state index is 12.4. The van der Waals surface area contributed by atoms with Crippen LogP contribution in [0.5, 0.6) is 5.75 Å². The van der Waals surface area contributed by atoms with Crippen molar-refractivity contribution < 1.29 is 14.3 Å². The lowest BCUT2D eigenvalue weighted by Gasteiger charge is -2.29. The summed E-state index contributed by atoms with van der Waals surface area (Å²) in [4.78, 5) is 23.2. The zero-order chi connectivity index (χ0) is 19.1. The Bertz CT molecular complexity index is 755. The molecule has 2 rings (SSSR count). The van der Waals surface area contributed by atoms with Gasteiger partial charge in [-0.2, -0.15) is 5.26 Å². The fraction of sp³-hybridized carbons (Fsp3) is 0.421. The van der Waals surface area contributed by atoms with E-state index in [4.69, 9.17) is 10.5 Å². The highest BCUT2D eigenvalue weighted by Gasteiger charge is 2.24. The van der Waals surface area contributed by atoms with Gasteiger partial charge in [0.2, 0.25) is 0 Å². The molecular weight excluding hydrogens is 398 g/mol. The predicted octanol–water partition coefficient (Wildman–Crippen LogP) is 2.92. The first-order valence-corrected chi connectivity index (χ1v) is 9.33. The number of halogens is 1. The van der Waals surface area contributed by atoms with Crippen LogP contribution in [0.1, 0.15) is 38.2 Å². The number of ether oxygens (including phenoxy) is 1. The molecule has 0 unspecified atom stereocenters. The Morgan fingerprint density at radius 3 is 2.77 bits per heavy atom. The van der Waals surface area contributed by atoms with E-state index in [1.807, 2.05) is 6.07 Å². The first kappa shape index (κ1) is 20.0. The molecule has 0 bridgehead atoms. The van der Waals surface area contributed by atoms with E-state index in [2.05, 4.69) is 28.2 Å². The highest BCUT2D eigenvalue weighted by Crippen LogP contribution is 2.27. The van der Waals surface area contributed by atoms with Gasteiger partial charge in [0.05, 0.1) is 4.47 Å². The molecule has 2 atom stereocenters. The molecule has 6 nitrogen and oxygen atoms in total. The highest BCUT2D eigenvalue weighted by molar-refractivity contribution is 9.10. The summed E-state index contributed by atoms with van der Waals surface area (Å²) in [5.41, 5.74) is 5.78. The van der Waals surface area contributed by atoms with Crippen molar-refractivity contribution in [3.8, 4) is 11.8 Å². The van der Waals surface area contributed by atoms with Gasteiger partial charge in [0.1, 0.15) is 17.4 Å². The quantitative estimate of drug-likeness (QED) is 0.545. The zero-order valence-corrected chi connectivity index (χ0v) is 16.2. The molecule has 138 valence electrons. The maximum absolute atomic E-state index is 12.4. The van der Waals surface area contributed by atoms with Crippen LogP contribution in [0.15, 0.2) is 28.2 Å². The molecule has 0 aliphatic heterocycles. The molecule has 1 aromatic carbocycles. The van der Waals surface area contributed by atoms with Crippen molar-refractivity contribution in [3.05, 3.63) is 33.8 Å². The Labute approximate surface area is 161 Å². The second-order valence-corrected chi connectivity index (χ2v) is 7.31. The van der Waals surface area contributed by atoms with Crippen LogP contribution in [0, 0.1) is 17.2 Å². The summed E-state index contributed by atoms with van der Waals surface area (Å²) >= 11 is 3.34. The highest BCUT2D eigenvalue weighted by atomic mass is 79.9. The van der Waals surface area contributed by atoms with Crippen LogP contribution in [0.2, 0.25) is 0 Å². The van der Waals surface area contributed by atoms with E-state index in [-0.39, 0.29) is 24.1 Å². The number of nitrogens with one attached hydrogen (secondary N) is 1. The number of primary amides is 1. The molecule has 1 aliphatic rings. The molecular formula is C19H22BrN3O3. The Kier molecular flexibility index (Phi) is 7.22. The fourth-order valence-electron chi connectivity index (χ4n) is 2.96. The summed E-state index contributed by atoms with van der Waals surface area (Å²) in [6.45, 7) is 1.90. The number of hydrogen-bond acceptors (Lipinski definition) is 4. The van der Waals surface area contributed by atoms with Crippen molar-refractivity contribution in [2.45, 2.75) is 38.6 Å². The van der Waals surface area contributed by atoms with Crippen LogP contribution in [0.25, 0.3) is 6.08 Å². The Hall–Kier alpha value is -2.33. The number of nitrogens with zero attached hydrogens (tertiary/aromatic N) is 1. The normalized spacial score (nSPS) is 20.1. The molecule has 0 spiro atoms. The largest absolute Gasteiger partial charge is 0.483 e. The summed E-state index contributed by atoms with van der Waals surface area (Å²) < 4.78 is 5.86. The molecule has 0 radical (unpaired) electrons. The van der Waals surface area contributed by atoms with Gasteiger partial charge in [0.15, 0.2) is 6.61 Å². The maximum Gasteiger partial charge on any atom is 0.262 e. The minimum absolute atomic E-state index is 0.0560. The van der Waals surface area contributed by atoms with E-state index >= 15 is 0 Å². The number of nitrogens with two attached hydrogens (primary N) is 1. The number of nitriles is 1. The van der Waals surface area contributed by atoms with Gasteiger partial charge >= 0.3 is 0 Å². The van der Waals surface area contributed by atoms with Gasteiger partial charge in [-0.15, -0.1) is 0 Å². The number of carbonyl (C=O) groups excluding carboxylic acids is 2. The summed E-state index contributed by atoms with van der Waals surface area (Å²) in [6.07, 6.45) is 5.86. The molecule has 1 saturated carbocycles. The summed E-state index contributed by atoms with van der Waals surface area (Å²) in [7, 11) is 0. The van der Waals surface area contributed by atoms with E-state index in [9.17, 15) is 14.9 Å². The molecule has 1 aromatic rings. The summed E-state index contributed by atoms with van der Waals surface area (Å²) in [5.74, 6) is -0.0407. The Morgan fingerprint density at radius 1 is 1.42 bits per heavy atom. The van der Waals surface area contributed by atoms with E-state index < -0.39 is 5.91 Å². The van der Waals surface area contributed by atoms with Crippen molar-refractivity contribution >= 4 is 33.8 Å². The number of rotatable bonds is 6. The molecule has 3 N–H and O–H groups in total. The first-order chi connectivity index (χ1) is 12.4. The standard InChI is InChI=1S/C19H22BrN3O3/c1-12-4-2-3-5-16(12)23-19(25)14(10-21)8-13-6-7-17(15(20)9-13)26-11-18(22)24/h6-9,12,16H,2-5,11H2,1H3,(H2,22,24)(H,23,25)/b14-8+/t12-,16-/m1/s1. The smallest absolute Gasteiger partial charge is 0.262 e. The predicted molar refractivity (Wildman–Crippen MR) is 102 cm³/mol. The molecule has 0 aromatic heterocycles. The SMILES string of the molecule is C[C@@H]1CCCC[C@H]1NC(=O)/C(C#N)=C/c1ccc(OCC(N)=O)c(Br)c1. The van der Waals surface area contributed by atoms with Crippen LogP contribution >= 0.6 is 15.9 Å². The Balaban J connectivity index is 2.09. The van der Waals surface area contributed by atoms with Gasteiger partial charge in [-0.05, 0) is 58.5 Å². The van der Waals surface area contributed by atoms with Crippen LogP contribution in [0.3, 0.4) is 0 Å². The van der Waals surface area contributed by atoms with E-state index in [0.717, 1.165) is 19.3 Å². The zero-order valence-electron chi connectivity index (χ0n) is 14.6. The average Bonchev–Trinajstić information content (AvgIpc) is 2.60. The monoisotopic (exact) mass is 419 g/mol. The second-order valence-electron chi connectivity index (χ2n) is 6.46. The Morgan fingerprint density at radius 2 is 2.15 bits per heavy atom. The molecule has 1 fully saturated rings. The molecule has 0 saturated heterocycles. The second kappa shape index (κ2) is 9.39. The number of hydrogen-bond donors (Lipinski definition) is 2. The van der Waals surface area contributed by atoms with Crippen LogP contribution in [-0.2, 0) is 9.59 Å². The minimum Gasteiger partial charge on any atom is -0.483 e. The molecule has 7 heteroatoms. The van der Waals surface area contributed by atoms with Gasteiger partial charge in [-0.25, -0.2) is 0 Å². The van der Waals surface area contributed by atoms with E-state index in [0.29, 0.717) is 21.7 Å². The van der Waals surface area contributed by atoms with Crippen molar-refractivity contribution in [2.24, 2.45) is 11.7 Å². The molecule has 0 heterocycles. The van der Waals surface area contributed by atoms with Gasteiger partial charge in [-0.3, -0.25) is 9.59 Å². The first-order valence-electron chi connectivity index (χ1n) is 8.54.